The van der Waals surface area contributed by atoms with Gasteiger partial charge in [0.1, 0.15) is 16.1 Å². The van der Waals surface area contributed by atoms with Gasteiger partial charge in [-0.1, -0.05) is 23.5 Å². The van der Waals surface area contributed by atoms with Crippen molar-refractivity contribution in [2.75, 3.05) is 26.7 Å². The van der Waals surface area contributed by atoms with Gasteiger partial charge in [-0.2, -0.15) is 0 Å². The van der Waals surface area contributed by atoms with Gasteiger partial charge in [0.15, 0.2) is 0 Å². The maximum Gasteiger partial charge on any atom is 0.207 e. The van der Waals surface area contributed by atoms with Gasteiger partial charge >= 0.3 is 0 Å². The van der Waals surface area contributed by atoms with E-state index in [1.165, 1.54) is 23.5 Å². The lowest BCUT2D eigenvalue weighted by Crippen LogP contribution is -1.99. The van der Waals surface area contributed by atoms with Crippen molar-refractivity contribution in [3.63, 3.8) is 0 Å². The van der Waals surface area contributed by atoms with E-state index in [1.54, 1.807) is 14.2 Å². The first-order chi connectivity index (χ1) is 16.1. The maximum absolute atomic E-state index is 5.48. The van der Waals surface area contributed by atoms with E-state index in [9.17, 15) is 0 Å². The van der Waals surface area contributed by atoms with Crippen LogP contribution in [0.25, 0.3) is 22.3 Å². The predicted octanol–water partition coefficient (Wildman–Crippen LogP) is 5.35. The fraction of sp³-hybridized carbons (Fsp3) is 0.182. The highest BCUT2D eigenvalue weighted by atomic mass is 79.9. The van der Waals surface area contributed by atoms with Gasteiger partial charge in [0.25, 0.3) is 0 Å². The molecule has 0 spiro atoms. The average Bonchev–Trinajstić information content (AvgIpc) is 3.46. The van der Waals surface area contributed by atoms with Gasteiger partial charge in [-0.25, -0.2) is 19.0 Å². The van der Waals surface area contributed by atoms with Crippen LogP contribution in [-0.2, 0) is 0 Å². The molecule has 0 atom stereocenters. The number of hydrogen-bond donors (Lipinski definition) is 0. The molecule has 8 nitrogen and oxygen atoms in total. The zero-order valence-electron chi connectivity index (χ0n) is 18.4. The van der Waals surface area contributed by atoms with E-state index in [0.29, 0.717) is 0 Å². The van der Waals surface area contributed by atoms with E-state index in [1.807, 2.05) is 76.4 Å². The monoisotopic (exact) mass is 544 g/mol. The third kappa shape index (κ3) is 4.94. The Kier molecular flexibility index (Phi) is 7.41. The molecule has 4 aromatic heterocycles. The van der Waals surface area contributed by atoms with E-state index in [-0.39, 0.29) is 0 Å². The summed E-state index contributed by atoms with van der Waals surface area (Å²) in [7, 11) is 3.29. The van der Waals surface area contributed by atoms with Crippen molar-refractivity contribution >= 4 is 50.5 Å². The van der Waals surface area contributed by atoms with Crippen LogP contribution in [0.2, 0.25) is 0 Å². The molecular weight excluding hydrogens is 524 g/mol. The highest BCUT2D eigenvalue weighted by Crippen LogP contribution is 2.34. The largest absolute Gasteiger partial charge is 0.497 e. The van der Waals surface area contributed by atoms with Crippen LogP contribution in [0.1, 0.15) is 0 Å². The molecule has 170 valence electrons. The number of ether oxygens (including phenoxy) is 2. The Labute approximate surface area is 207 Å². The number of halogens is 1. The molecule has 0 N–H and O–H groups in total. The second-order valence-corrected chi connectivity index (χ2v) is 8.96. The summed E-state index contributed by atoms with van der Waals surface area (Å²) in [5.41, 5.74) is 3.87. The van der Waals surface area contributed by atoms with Crippen LogP contribution < -0.4 is 9.47 Å². The van der Waals surface area contributed by atoms with Crippen LogP contribution in [0.4, 0.5) is 0 Å². The zero-order chi connectivity index (χ0) is 23.4. The molecule has 0 amide bonds. The van der Waals surface area contributed by atoms with Crippen LogP contribution >= 0.6 is 39.5 Å². The molecule has 0 aliphatic rings. The Hall–Kier alpha value is -2.76. The van der Waals surface area contributed by atoms with E-state index in [2.05, 4.69) is 36.1 Å². The first kappa shape index (κ1) is 23.4. The lowest BCUT2D eigenvalue weighted by Gasteiger charge is -2.10. The molecule has 0 radical (unpaired) electrons. The minimum atomic E-state index is 0.729. The summed E-state index contributed by atoms with van der Waals surface area (Å²) >= 11 is 6.44. The molecule has 1 aromatic carbocycles. The van der Waals surface area contributed by atoms with Crippen molar-refractivity contribution in [2.24, 2.45) is 0 Å². The Balaban J connectivity index is 0.000000183. The molecule has 5 aromatic rings. The molecule has 0 aliphatic carbocycles. The second-order valence-electron chi connectivity index (χ2n) is 6.60. The third-order valence-electron chi connectivity index (χ3n) is 4.76. The molecule has 0 saturated carbocycles. The molecule has 0 saturated heterocycles. The fourth-order valence-corrected chi connectivity index (χ4v) is 4.20. The lowest BCUT2D eigenvalue weighted by atomic mass is 10.1. The second kappa shape index (κ2) is 10.4. The van der Waals surface area contributed by atoms with Gasteiger partial charge in [-0.05, 0) is 64.8 Å². The number of thioether (sulfide) groups is 2. The summed E-state index contributed by atoms with van der Waals surface area (Å²) in [6.07, 6.45) is 7.54. The van der Waals surface area contributed by atoms with Gasteiger partial charge in [0.05, 0.1) is 43.3 Å². The van der Waals surface area contributed by atoms with Gasteiger partial charge < -0.3 is 9.47 Å². The zero-order valence-corrected chi connectivity index (χ0v) is 21.6. The van der Waals surface area contributed by atoms with Crippen LogP contribution in [0.5, 0.6) is 11.5 Å². The molecule has 0 aliphatic heterocycles. The van der Waals surface area contributed by atoms with E-state index in [4.69, 9.17) is 9.47 Å². The summed E-state index contributed by atoms with van der Waals surface area (Å²) in [5, 5.41) is 10.3. The summed E-state index contributed by atoms with van der Waals surface area (Å²) in [5.74, 6) is 1.51. The van der Waals surface area contributed by atoms with Gasteiger partial charge in [0.2, 0.25) is 10.3 Å². The van der Waals surface area contributed by atoms with E-state index < -0.39 is 0 Å². The van der Waals surface area contributed by atoms with Gasteiger partial charge in [-0.3, -0.25) is 0 Å². The highest BCUT2D eigenvalue weighted by molar-refractivity contribution is 9.10. The van der Waals surface area contributed by atoms with Crippen molar-refractivity contribution < 1.29 is 9.47 Å². The van der Waals surface area contributed by atoms with Gasteiger partial charge in [-0.15, -0.1) is 10.2 Å². The van der Waals surface area contributed by atoms with Crippen LogP contribution in [0.3, 0.4) is 0 Å². The Morgan fingerprint density at radius 2 is 1.42 bits per heavy atom. The lowest BCUT2D eigenvalue weighted by molar-refractivity contribution is 0.395. The van der Waals surface area contributed by atoms with Crippen LogP contribution in [0, 0.1) is 0 Å². The summed E-state index contributed by atoms with van der Waals surface area (Å²) < 4.78 is 15.4. The molecule has 4 heterocycles. The van der Waals surface area contributed by atoms with Crippen molar-refractivity contribution in [3.8, 4) is 22.8 Å². The third-order valence-corrected chi connectivity index (χ3v) is 6.46. The van der Waals surface area contributed by atoms with Crippen molar-refractivity contribution in [1.29, 1.82) is 0 Å². The molecule has 33 heavy (non-hydrogen) atoms. The van der Waals surface area contributed by atoms with Crippen molar-refractivity contribution in [1.82, 2.24) is 29.2 Å². The standard InChI is InChI=1S/C15H15N3O2S.C7H6BrN3S/c1-19-11-5-6-12(14(8-11)20-2)13-7-4-10-9-16-15(21-3)17-18(10)13;1-12-7-9-4-5-2-3-6(8)11(5)10-7/h4-9H,1-3H3;2-4H,1H3. The van der Waals surface area contributed by atoms with Crippen LogP contribution in [-0.4, -0.2) is 55.9 Å². The number of fused-ring (bicyclic) bond motifs is 2. The molecule has 5 rings (SSSR count). The maximum atomic E-state index is 5.48. The predicted molar refractivity (Wildman–Crippen MR) is 136 cm³/mol. The van der Waals surface area contributed by atoms with Crippen molar-refractivity contribution in [2.45, 2.75) is 10.3 Å². The number of rotatable bonds is 5. The fourth-order valence-electron chi connectivity index (χ4n) is 3.14. The number of benzene rings is 1. The van der Waals surface area contributed by atoms with Crippen LogP contribution in [0.15, 0.2) is 69.8 Å². The number of methoxy groups -OCH3 is 2. The summed E-state index contributed by atoms with van der Waals surface area (Å²) in [4.78, 5) is 8.43. The van der Waals surface area contributed by atoms with E-state index in [0.717, 1.165) is 48.7 Å². The topological polar surface area (TPSA) is 78.8 Å². The average molecular weight is 545 g/mol. The number of aromatic nitrogens is 6. The highest BCUT2D eigenvalue weighted by Gasteiger charge is 2.13. The van der Waals surface area contributed by atoms with Gasteiger partial charge in [0, 0.05) is 11.6 Å². The minimum absolute atomic E-state index is 0.729. The Morgan fingerprint density at radius 1 is 0.788 bits per heavy atom. The number of nitrogens with zero attached hydrogens (tertiary/aromatic N) is 6. The summed E-state index contributed by atoms with van der Waals surface area (Å²) in [6, 6.07) is 13.7. The van der Waals surface area contributed by atoms with Crippen molar-refractivity contribution in [3.05, 3.63) is 59.5 Å². The quantitative estimate of drug-likeness (QED) is 0.274. The molecular formula is C22H21BrN6O2S2. The van der Waals surface area contributed by atoms with E-state index >= 15 is 0 Å². The molecule has 0 bridgehead atoms. The SMILES string of the molecule is COc1ccc(-c2ccc3cnc(SC)nn23)c(OC)c1.CSc1ncc2ccc(Br)n2n1. The summed E-state index contributed by atoms with van der Waals surface area (Å²) in [6.45, 7) is 0. The Morgan fingerprint density at radius 3 is 2.06 bits per heavy atom. The molecule has 11 heteroatoms. The smallest absolute Gasteiger partial charge is 0.207 e. The normalized spacial score (nSPS) is 10.8. The minimum Gasteiger partial charge on any atom is -0.497 e. The Bertz CT molecular complexity index is 1400. The molecule has 0 fully saturated rings. The molecule has 0 unspecified atom stereocenters. The first-order valence-corrected chi connectivity index (χ1v) is 13.0. The number of hydrogen-bond acceptors (Lipinski definition) is 8. The first-order valence-electron chi connectivity index (χ1n) is 9.73.